The molecule has 0 spiro atoms. The van der Waals surface area contributed by atoms with Gasteiger partial charge in [-0.2, -0.15) is 0 Å². The zero-order valence-corrected chi connectivity index (χ0v) is 26.8. The van der Waals surface area contributed by atoms with Gasteiger partial charge in [0.2, 0.25) is 0 Å². The standard InChI is InChI=1S/C34H50O12/c1-14-23-21(44-30(14)41)12-20-18-6-5-16-11-17(7-9-33(16,3)19(18)8-10-34(20,23)4)43-32-29(27(39)25(37)22(13-35)45-32)46-31-28(40)26(38)24(36)15(2)42-31/h5,15,17-29,31-32,35-40H,1,6-13H2,2-4H3/t15-,17-,18+,19-,20-,21-,22+,23-,24-,25+,26+,27-,28+,29+,31-,32+,33-,34-/m0/s1. The molecule has 0 aromatic rings. The Morgan fingerprint density at radius 2 is 1.70 bits per heavy atom. The highest BCUT2D eigenvalue weighted by Crippen LogP contribution is 2.68. The van der Waals surface area contributed by atoms with Crippen LogP contribution in [0.3, 0.4) is 0 Å². The fourth-order valence-corrected chi connectivity index (χ4v) is 10.6. The molecule has 4 aliphatic carbocycles. The third-order valence-corrected chi connectivity index (χ3v) is 13.2. The molecule has 0 aromatic heterocycles. The van der Waals surface area contributed by atoms with E-state index in [1.165, 1.54) is 12.5 Å². The molecule has 12 nitrogen and oxygen atoms in total. The van der Waals surface area contributed by atoms with E-state index in [2.05, 4.69) is 26.5 Å². The predicted octanol–water partition coefficient (Wildman–Crippen LogP) is 0.694. The second-order valence-corrected chi connectivity index (χ2v) is 15.5. The normalized spacial score (nSPS) is 55.1. The Morgan fingerprint density at radius 1 is 0.935 bits per heavy atom. The number of hydrogen-bond acceptors (Lipinski definition) is 12. The van der Waals surface area contributed by atoms with Crippen LogP contribution in [0.5, 0.6) is 0 Å². The van der Waals surface area contributed by atoms with Crippen LogP contribution in [-0.4, -0.2) is 117 Å². The fraction of sp³-hybridized carbons (Fsp3) is 0.853. The summed E-state index contributed by atoms with van der Waals surface area (Å²) in [6.07, 6.45) is -5.23. The smallest absolute Gasteiger partial charge is 0.334 e. The number of carbonyl (C=O) groups excluding carboxylic acids is 1. The van der Waals surface area contributed by atoms with Crippen LogP contribution in [-0.2, 0) is 28.5 Å². The van der Waals surface area contributed by atoms with Crippen LogP contribution < -0.4 is 0 Å². The minimum Gasteiger partial charge on any atom is -0.458 e. The molecule has 3 aliphatic heterocycles. The monoisotopic (exact) mass is 650 g/mol. The molecule has 0 amide bonds. The van der Waals surface area contributed by atoms with E-state index >= 15 is 0 Å². The zero-order valence-electron chi connectivity index (χ0n) is 26.8. The van der Waals surface area contributed by atoms with Crippen LogP contribution in [0.1, 0.15) is 65.7 Å². The molecule has 258 valence electrons. The van der Waals surface area contributed by atoms with E-state index < -0.39 is 68.0 Å². The first kappa shape index (κ1) is 33.1. The maximum absolute atomic E-state index is 12.3. The summed E-state index contributed by atoms with van der Waals surface area (Å²) >= 11 is 0. The van der Waals surface area contributed by atoms with Crippen molar-refractivity contribution in [3.05, 3.63) is 23.8 Å². The van der Waals surface area contributed by atoms with Gasteiger partial charge in [-0.15, -0.1) is 0 Å². The van der Waals surface area contributed by atoms with Crippen molar-refractivity contribution in [1.82, 2.24) is 0 Å². The Labute approximate surface area is 269 Å². The Balaban J connectivity index is 1.07. The van der Waals surface area contributed by atoms with Gasteiger partial charge < -0.3 is 54.3 Å². The Morgan fingerprint density at radius 3 is 2.43 bits per heavy atom. The van der Waals surface area contributed by atoms with Crippen molar-refractivity contribution in [2.45, 2.75) is 139 Å². The highest BCUT2D eigenvalue weighted by molar-refractivity contribution is 5.91. The number of aliphatic hydroxyl groups is 6. The van der Waals surface area contributed by atoms with Gasteiger partial charge in [0.05, 0.1) is 18.8 Å². The molecule has 0 aromatic carbocycles. The minimum atomic E-state index is -1.62. The first-order valence-electron chi connectivity index (χ1n) is 17.0. The molecule has 0 unspecified atom stereocenters. The van der Waals surface area contributed by atoms with Crippen molar-refractivity contribution in [2.75, 3.05) is 6.61 Å². The van der Waals surface area contributed by atoms with Crippen LogP contribution in [0, 0.1) is 34.5 Å². The van der Waals surface area contributed by atoms with Crippen molar-refractivity contribution in [3.8, 4) is 0 Å². The van der Waals surface area contributed by atoms with E-state index in [4.69, 9.17) is 23.7 Å². The Hall–Kier alpha value is -1.45. The maximum atomic E-state index is 12.3. The van der Waals surface area contributed by atoms with Crippen molar-refractivity contribution in [1.29, 1.82) is 0 Å². The van der Waals surface area contributed by atoms with Gasteiger partial charge in [0.1, 0.15) is 48.8 Å². The summed E-state index contributed by atoms with van der Waals surface area (Å²) in [4.78, 5) is 12.3. The molecule has 6 fully saturated rings. The topological polar surface area (TPSA) is 185 Å². The lowest BCUT2D eigenvalue weighted by Gasteiger charge is -2.58. The molecule has 3 saturated carbocycles. The number of carbonyl (C=O) groups is 1. The molecule has 7 rings (SSSR count). The maximum Gasteiger partial charge on any atom is 0.334 e. The molecule has 0 bridgehead atoms. The number of aliphatic hydroxyl groups excluding tert-OH is 6. The van der Waals surface area contributed by atoms with E-state index in [-0.39, 0.29) is 34.9 Å². The SMILES string of the molecule is C=C1C(=O)O[C@H]2C[C@H]3[C@@H]4CC=C5C[C@@H](O[C@@H]6O[C@H](CO)[C@@H](O)[C@H](O)[C@H]6O[C@@H]6O[C@@H](C)[C@H](O)[C@@H](O)[C@H]6O)CC[C@]5(C)[C@H]4CC[C@]3(C)[C@@H]12. The highest BCUT2D eigenvalue weighted by atomic mass is 16.8. The van der Waals surface area contributed by atoms with Crippen molar-refractivity contribution in [2.24, 2.45) is 34.5 Å². The van der Waals surface area contributed by atoms with Crippen LogP contribution in [0.15, 0.2) is 23.8 Å². The van der Waals surface area contributed by atoms with Crippen molar-refractivity contribution >= 4 is 5.97 Å². The summed E-state index contributed by atoms with van der Waals surface area (Å²) in [5.41, 5.74) is 1.99. The molecule has 18 atom stereocenters. The summed E-state index contributed by atoms with van der Waals surface area (Å²) in [6.45, 7) is 9.80. The van der Waals surface area contributed by atoms with E-state index in [1.807, 2.05) is 0 Å². The summed E-state index contributed by atoms with van der Waals surface area (Å²) in [7, 11) is 0. The van der Waals surface area contributed by atoms with Crippen LogP contribution >= 0.6 is 0 Å². The molecular weight excluding hydrogens is 600 g/mol. The summed E-state index contributed by atoms with van der Waals surface area (Å²) in [5, 5.41) is 62.5. The van der Waals surface area contributed by atoms with Gasteiger partial charge in [-0.3, -0.25) is 0 Å². The molecule has 12 heteroatoms. The third-order valence-electron chi connectivity index (χ3n) is 13.2. The molecule has 46 heavy (non-hydrogen) atoms. The molecule has 3 saturated heterocycles. The second kappa shape index (κ2) is 11.9. The summed E-state index contributed by atoms with van der Waals surface area (Å²) < 4.78 is 29.7. The van der Waals surface area contributed by atoms with Gasteiger partial charge >= 0.3 is 5.97 Å². The molecule has 7 aliphatic rings. The summed E-state index contributed by atoms with van der Waals surface area (Å²) in [6, 6.07) is 0. The van der Waals surface area contributed by atoms with E-state index in [1.54, 1.807) is 0 Å². The predicted molar refractivity (Wildman–Crippen MR) is 159 cm³/mol. The minimum absolute atomic E-state index is 0.00465. The van der Waals surface area contributed by atoms with Gasteiger partial charge in [0.25, 0.3) is 0 Å². The number of fused-ring (bicyclic) bond motifs is 7. The van der Waals surface area contributed by atoms with Gasteiger partial charge in [0, 0.05) is 11.5 Å². The summed E-state index contributed by atoms with van der Waals surface area (Å²) in [5.74, 6) is 1.34. The number of esters is 1. The second-order valence-electron chi connectivity index (χ2n) is 15.5. The van der Waals surface area contributed by atoms with E-state index in [9.17, 15) is 35.4 Å². The lowest BCUT2D eigenvalue weighted by atomic mass is 9.47. The number of rotatable bonds is 5. The van der Waals surface area contributed by atoms with Crippen LogP contribution in [0.4, 0.5) is 0 Å². The molecule has 3 heterocycles. The molecular formula is C34H50O12. The largest absolute Gasteiger partial charge is 0.458 e. The van der Waals surface area contributed by atoms with Gasteiger partial charge in [-0.05, 0) is 80.5 Å². The zero-order chi connectivity index (χ0) is 32.9. The third kappa shape index (κ3) is 4.97. The number of allylic oxidation sites excluding steroid dienone is 1. The lowest BCUT2D eigenvalue weighted by molar-refractivity contribution is -0.369. The fourth-order valence-electron chi connectivity index (χ4n) is 10.6. The Bertz CT molecular complexity index is 1240. The first-order valence-corrected chi connectivity index (χ1v) is 17.0. The van der Waals surface area contributed by atoms with E-state index in [0.717, 1.165) is 38.5 Å². The quantitative estimate of drug-likeness (QED) is 0.139. The van der Waals surface area contributed by atoms with Crippen molar-refractivity contribution < 1.29 is 59.1 Å². The number of ether oxygens (including phenoxy) is 5. The Kier molecular flexibility index (Phi) is 8.52. The average Bonchev–Trinajstić information content (AvgIpc) is 3.49. The molecule has 0 radical (unpaired) electrons. The molecule has 6 N–H and O–H groups in total. The first-order chi connectivity index (χ1) is 21.8. The van der Waals surface area contributed by atoms with Gasteiger partial charge in [-0.1, -0.05) is 32.1 Å². The highest BCUT2D eigenvalue weighted by Gasteiger charge is 2.65. The van der Waals surface area contributed by atoms with Gasteiger partial charge in [-0.25, -0.2) is 4.79 Å². The van der Waals surface area contributed by atoms with Crippen LogP contribution in [0.2, 0.25) is 0 Å². The van der Waals surface area contributed by atoms with Crippen molar-refractivity contribution in [3.63, 3.8) is 0 Å². The van der Waals surface area contributed by atoms with E-state index in [0.29, 0.717) is 29.7 Å². The average molecular weight is 651 g/mol. The van der Waals surface area contributed by atoms with Gasteiger partial charge in [0.15, 0.2) is 12.6 Å². The number of hydrogen-bond donors (Lipinski definition) is 6. The lowest BCUT2D eigenvalue weighted by Crippen LogP contribution is -2.64. The van der Waals surface area contributed by atoms with Crippen LogP contribution in [0.25, 0.3) is 0 Å².